The molecule has 0 unspecified atom stereocenters. The highest BCUT2D eigenvalue weighted by Gasteiger charge is 2.04. The van der Waals surface area contributed by atoms with Crippen molar-refractivity contribution < 1.29 is 4.52 Å². The van der Waals surface area contributed by atoms with Crippen molar-refractivity contribution in [1.29, 1.82) is 0 Å². The van der Waals surface area contributed by atoms with E-state index in [4.69, 9.17) is 4.52 Å². The minimum atomic E-state index is 0.438. The standard InChI is InChI=1S/C7H8N2O/c1-5(2)6-4-9-10-7(6)8-3/h4H,1,3H2,2H3. The molecule has 0 N–H and O–H groups in total. The van der Waals surface area contributed by atoms with Crippen LogP contribution in [0.3, 0.4) is 0 Å². The van der Waals surface area contributed by atoms with Crippen molar-refractivity contribution in [3.05, 3.63) is 18.3 Å². The Bertz CT molecular complexity index is 262. The summed E-state index contributed by atoms with van der Waals surface area (Å²) in [5, 5.41) is 3.54. The summed E-state index contributed by atoms with van der Waals surface area (Å²) >= 11 is 0. The van der Waals surface area contributed by atoms with Crippen LogP contribution in [-0.2, 0) is 0 Å². The van der Waals surface area contributed by atoms with Gasteiger partial charge in [0.15, 0.2) is 0 Å². The summed E-state index contributed by atoms with van der Waals surface area (Å²) in [5.41, 5.74) is 1.69. The SMILES string of the molecule is C=Nc1oncc1C(=C)C. The van der Waals surface area contributed by atoms with Gasteiger partial charge in [-0.3, -0.25) is 0 Å². The molecule has 0 saturated heterocycles. The Morgan fingerprint density at radius 1 is 1.80 bits per heavy atom. The van der Waals surface area contributed by atoms with Crippen molar-refractivity contribution in [2.24, 2.45) is 4.99 Å². The van der Waals surface area contributed by atoms with E-state index in [1.54, 1.807) is 6.20 Å². The van der Waals surface area contributed by atoms with E-state index in [0.717, 1.165) is 11.1 Å². The van der Waals surface area contributed by atoms with Crippen molar-refractivity contribution in [2.45, 2.75) is 6.92 Å². The van der Waals surface area contributed by atoms with E-state index in [2.05, 4.69) is 23.4 Å². The third-order valence-electron chi connectivity index (χ3n) is 1.15. The Hall–Kier alpha value is -1.38. The molecule has 3 nitrogen and oxygen atoms in total. The average molecular weight is 136 g/mol. The summed E-state index contributed by atoms with van der Waals surface area (Å²) in [6.07, 6.45) is 1.58. The molecule has 0 aromatic carbocycles. The quantitative estimate of drug-likeness (QED) is 0.583. The maximum atomic E-state index is 4.74. The lowest BCUT2D eigenvalue weighted by atomic mass is 10.2. The molecule has 0 aliphatic heterocycles. The largest absolute Gasteiger partial charge is 0.336 e. The molecule has 0 spiro atoms. The second kappa shape index (κ2) is 2.47. The molecule has 10 heavy (non-hydrogen) atoms. The van der Waals surface area contributed by atoms with Gasteiger partial charge in [0, 0.05) is 0 Å². The first-order chi connectivity index (χ1) is 4.75. The number of nitrogens with zero attached hydrogens (tertiary/aromatic N) is 2. The Kier molecular flexibility index (Phi) is 1.67. The lowest BCUT2D eigenvalue weighted by molar-refractivity contribution is 0.430. The number of hydrogen-bond donors (Lipinski definition) is 0. The molecular weight excluding hydrogens is 128 g/mol. The molecule has 0 saturated carbocycles. The van der Waals surface area contributed by atoms with Gasteiger partial charge in [-0.2, -0.15) is 0 Å². The number of hydrogen-bond acceptors (Lipinski definition) is 3. The Balaban J connectivity index is 3.13. The van der Waals surface area contributed by atoms with E-state index in [9.17, 15) is 0 Å². The van der Waals surface area contributed by atoms with Crippen molar-refractivity contribution in [3.8, 4) is 0 Å². The topological polar surface area (TPSA) is 38.4 Å². The first kappa shape index (κ1) is 6.74. The monoisotopic (exact) mass is 136 g/mol. The average Bonchev–Trinajstić information content (AvgIpc) is 2.33. The first-order valence-corrected chi connectivity index (χ1v) is 2.83. The molecule has 1 aromatic heterocycles. The normalized spacial score (nSPS) is 9.30. The molecule has 0 bridgehead atoms. The Labute approximate surface area is 59.1 Å². The molecule has 1 rings (SSSR count). The van der Waals surface area contributed by atoms with E-state index < -0.39 is 0 Å². The molecule has 52 valence electrons. The van der Waals surface area contributed by atoms with E-state index in [-0.39, 0.29) is 0 Å². The van der Waals surface area contributed by atoms with E-state index >= 15 is 0 Å². The zero-order chi connectivity index (χ0) is 7.56. The zero-order valence-electron chi connectivity index (χ0n) is 5.79. The fraction of sp³-hybridized carbons (Fsp3) is 0.143. The highest BCUT2D eigenvalue weighted by molar-refractivity contribution is 5.68. The van der Waals surface area contributed by atoms with Gasteiger partial charge in [0.1, 0.15) is 0 Å². The minimum Gasteiger partial charge on any atom is -0.336 e. The van der Waals surface area contributed by atoms with Gasteiger partial charge >= 0.3 is 0 Å². The molecular formula is C7H8N2O. The van der Waals surface area contributed by atoms with E-state index in [0.29, 0.717) is 5.88 Å². The van der Waals surface area contributed by atoms with Crippen LogP contribution >= 0.6 is 0 Å². The molecule has 0 radical (unpaired) electrons. The molecule has 0 aliphatic rings. The van der Waals surface area contributed by atoms with Crippen molar-refractivity contribution in [1.82, 2.24) is 5.16 Å². The fourth-order valence-electron chi connectivity index (χ4n) is 0.640. The first-order valence-electron chi connectivity index (χ1n) is 2.83. The molecule has 0 fully saturated rings. The summed E-state index contributed by atoms with van der Waals surface area (Å²) in [6, 6.07) is 0. The van der Waals surface area contributed by atoms with Crippen molar-refractivity contribution in [3.63, 3.8) is 0 Å². The summed E-state index contributed by atoms with van der Waals surface area (Å²) in [6.45, 7) is 8.90. The lowest BCUT2D eigenvalue weighted by Crippen LogP contribution is -1.70. The van der Waals surface area contributed by atoms with Crippen molar-refractivity contribution in [2.75, 3.05) is 0 Å². The van der Waals surface area contributed by atoms with Gasteiger partial charge in [0.2, 0.25) is 0 Å². The zero-order valence-corrected chi connectivity index (χ0v) is 5.79. The summed E-state index contributed by atoms with van der Waals surface area (Å²) in [4.78, 5) is 3.61. The molecule has 0 atom stereocenters. The van der Waals surface area contributed by atoms with Gasteiger partial charge in [-0.25, -0.2) is 4.99 Å². The van der Waals surface area contributed by atoms with Crippen LogP contribution in [-0.4, -0.2) is 11.9 Å². The van der Waals surface area contributed by atoms with E-state index in [1.165, 1.54) is 0 Å². The van der Waals surface area contributed by atoms with Gasteiger partial charge in [0.05, 0.1) is 11.8 Å². The molecule has 0 amide bonds. The second-order valence-corrected chi connectivity index (χ2v) is 1.98. The minimum absolute atomic E-state index is 0.438. The van der Waals surface area contributed by atoms with Gasteiger partial charge < -0.3 is 4.52 Å². The van der Waals surface area contributed by atoms with Crippen LogP contribution in [0, 0.1) is 0 Å². The number of rotatable bonds is 2. The maximum absolute atomic E-state index is 4.74. The van der Waals surface area contributed by atoms with Crippen molar-refractivity contribution >= 4 is 18.2 Å². The van der Waals surface area contributed by atoms with Crippen LogP contribution in [0.2, 0.25) is 0 Å². The Morgan fingerprint density at radius 3 is 2.90 bits per heavy atom. The van der Waals surface area contributed by atoms with Gasteiger partial charge in [-0.15, -0.1) is 0 Å². The third kappa shape index (κ3) is 0.978. The van der Waals surface area contributed by atoms with Gasteiger partial charge in [-0.05, 0) is 19.2 Å². The number of aromatic nitrogens is 1. The van der Waals surface area contributed by atoms with Gasteiger partial charge in [0.25, 0.3) is 5.88 Å². The van der Waals surface area contributed by atoms with Crippen LogP contribution in [0.15, 0.2) is 22.3 Å². The van der Waals surface area contributed by atoms with E-state index in [1.807, 2.05) is 6.92 Å². The summed E-state index contributed by atoms with van der Waals surface area (Å²) < 4.78 is 4.74. The van der Waals surface area contributed by atoms with Gasteiger partial charge in [-0.1, -0.05) is 11.7 Å². The highest BCUT2D eigenvalue weighted by atomic mass is 16.5. The highest BCUT2D eigenvalue weighted by Crippen LogP contribution is 2.23. The van der Waals surface area contributed by atoms with Crippen LogP contribution < -0.4 is 0 Å². The summed E-state index contributed by atoms with van der Waals surface area (Å²) in [5.74, 6) is 0.438. The fourth-order valence-corrected chi connectivity index (χ4v) is 0.640. The second-order valence-electron chi connectivity index (χ2n) is 1.98. The van der Waals surface area contributed by atoms with Crippen LogP contribution in [0.1, 0.15) is 12.5 Å². The Morgan fingerprint density at radius 2 is 2.50 bits per heavy atom. The summed E-state index contributed by atoms with van der Waals surface area (Å²) in [7, 11) is 0. The molecule has 3 heteroatoms. The molecule has 0 aliphatic carbocycles. The maximum Gasteiger partial charge on any atom is 0.257 e. The molecule has 1 aromatic rings. The third-order valence-corrected chi connectivity index (χ3v) is 1.15. The number of allylic oxidation sites excluding steroid dienone is 1. The van der Waals surface area contributed by atoms with Crippen LogP contribution in [0.25, 0.3) is 5.57 Å². The number of aliphatic imine (C=N–C) groups is 1. The van der Waals surface area contributed by atoms with Crippen LogP contribution in [0.5, 0.6) is 0 Å². The molecule has 1 heterocycles. The predicted molar refractivity (Wildman–Crippen MR) is 40.4 cm³/mol. The smallest absolute Gasteiger partial charge is 0.257 e. The van der Waals surface area contributed by atoms with Crippen LogP contribution in [0.4, 0.5) is 5.88 Å². The predicted octanol–water partition coefficient (Wildman–Crippen LogP) is 2.04. The lowest BCUT2D eigenvalue weighted by Gasteiger charge is -1.90.